The Bertz CT molecular complexity index is 642. The predicted octanol–water partition coefficient (Wildman–Crippen LogP) is 2.51. The van der Waals surface area contributed by atoms with Crippen molar-refractivity contribution in [2.75, 3.05) is 7.11 Å². The maximum atomic E-state index is 13.9. The summed E-state index contributed by atoms with van der Waals surface area (Å²) in [6.45, 7) is 0.376. The van der Waals surface area contributed by atoms with E-state index in [0.717, 1.165) is 23.8 Å². The molecule has 7 heteroatoms. The Hall–Kier alpha value is -1.60. The molecular formula is C14H17FN4OS. The van der Waals surface area contributed by atoms with Gasteiger partial charge in [-0.25, -0.2) is 4.39 Å². The Kier molecular flexibility index (Phi) is 4.12. The summed E-state index contributed by atoms with van der Waals surface area (Å²) in [4.78, 5) is 0. The first-order chi connectivity index (χ1) is 10.2. The number of hydrogen-bond acceptors (Lipinski definition) is 5. The van der Waals surface area contributed by atoms with Gasteiger partial charge >= 0.3 is 0 Å². The SMILES string of the molecule is COc1ccc(CSc2nnc(CN)n2C2CC2)c(F)c1. The zero-order valence-electron chi connectivity index (χ0n) is 11.8. The second kappa shape index (κ2) is 6.03. The molecule has 0 radical (unpaired) electrons. The molecule has 1 saturated carbocycles. The van der Waals surface area contributed by atoms with Crippen molar-refractivity contribution in [3.05, 3.63) is 35.4 Å². The van der Waals surface area contributed by atoms with Gasteiger partial charge in [-0.1, -0.05) is 17.8 Å². The second-order valence-corrected chi connectivity index (χ2v) is 5.89. The molecule has 0 spiro atoms. The van der Waals surface area contributed by atoms with E-state index < -0.39 is 0 Å². The van der Waals surface area contributed by atoms with Gasteiger partial charge in [-0.05, 0) is 24.5 Å². The van der Waals surface area contributed by atoms with Gasteiger partial charge in [0.15, 0.2) is 5.16 Å². The van der Waals surface area contributed by atoms with Crippen molar-refractivity contribution in [3.8, 4) is 5.75 Å². The van der Waals surface area contributed by atoms with Gasteiger partial charge in [-0.2, -0.15) is 0 Å². The van der Waals surface area contributed by atoms with Crippen LogP contribution in [0.1, 0.15) is 30.3 Å². The largest absolute Gasteiger partial charge is 0.497 e. The van der Waals surface area contributed by atoms with Crippen LogP contribution in [0.15, 0.2) is 23.4 Å². The molecule has 3 rings (SSSR count). The van der Waals surface area contributed by atoms with Crippen LogP contribution in [0.4, 0.5) is 4.39 Å². The molecule has 0 saturated heterocycles. The molecule has 21 heavy (non-hydrogen) atoms. The lowest BCUT2D eigenvalue weighted by atomic mass is 10.2. The van der Waals surface area contributed by atoms with Crippen molar-refractivity contribution in [1.29, 1.82) is 0 Å². The average Bonchev–Trinajstić information content (AvgIpc) is 3.26. The van der Waals surface area contributed by atoms with E-state index in [1.807, 2.05) is 0 Å². The molecule has 1 aromatic carbocycles. The highest BCUT2D eigenvalue weighted by atomic mass is 32.2. The highest BCUT2D eigenvalue weighted by molar-refractivity contribution is 7.98. The number of nitrogens with two attached hydrogens (primary N) is 1. The minimum atomic E-state index is -0.265. The van der Waals surface area contributed by atoms with Crippen molar-refractivity contribution in [2.24, 2.45) is 5.73 Å². The summed E-state index contributed by atoms with van der Waals surface area (Å²) in [5.41, 5.74) is 6.31. The fourth-order valence-electron chi connectivity index (χ4n) is 2.16. The second-order valence-electron chi connectivity index (χ2n) is 4.95. The van der Waals surface area contributed by atoms with Crippen LogP contribution in [0.5, 0.6) is 5.75 Å². The average molecular weight is 308 g/mol. The third kappa shape index (κ3) is 3.03. The van der Waals surface area contributed by atoms with E-state index in [2.05, 4.69) is 14.8 Å². The summed E-state index contributed by atoms with van der Waals surface area (Å²) in [6.07, 6.45) is 2.27. The molecule has 2 N–H and O–H groups in total. The highest BCUT2D eigenvalue weighted by Crippen LogP contribution is 2.39. The first-order valence-electron chi connectivity index (χ1n) is 6.82. The number of methoxy groups -OCH3 is 1. The molecular weight excluding hydrogens is 291 g/mol. The summed E-state index contributed by atoms with van der Waals surface area (Å²) in [5.74, 6) is 1.56. The minimum absolute atomic E-state index is 0.265. The number of hydrogen-bond donors (Lipinski definition) is 1. The molecule has 2 aromatic rings. The third-order valence-corrected chi connectivity index (χ3v) is 4.44. The Balaban J connectivity index is 1.74. The van der Waals surface area contributed by atoms with Gasteiger partial charge in [0.2, 0.25) is 0 Å². The summed E-state index contributed by atoms with van der Waals surface area (Å²) < 4.78 is 21.0. The molecule has 0 aliphatic heterocycles. The molecule has 1 heterocycles. The number of thioether (sulfide) groups is 1. The quantitative estimate of drug-likeness (QED) is 0.831. The number of nitrogens with zero attached hydrogens (tertiary/aromatic N) is 3. The third-order valence-electron chi connectivity index (χ3n) is 3.45. The monoisotopic (exact) mass is 308 g/mol. The standard InChI is InChI=1S/C14H17FN4OS/c1-20-11-5-2-9(12(15)6-11)8-21-14-18-17-13(7-16)19(14)10-3-4-10/h2,5-6,10H,3-4,7-8,16H2,1H3. The molecule has 0 atom stereocenters. The van der Waals surface area contributed by atoms with Gasteiger partial charge < -0.3 is 15.0 Å². The normalized spacial score (nSPS) is 14.4. The van der Waals surface area contributed by atoms with E-state index in [1.165, 1.54) is 24.9 Å². The fraction of sp³-hybridized carbons (Fsp3) is 0.429. The maximum Gasteiger partial charge on any atom is 0.191 e. The Morgan fingerprint density at radius 1 is 1.43 bits per heavy atom. The Morgan fingerprint density at radius 3 is 2.86 bits per heavy atom. The van der Waals surface area contributed by atoms with Crippen LogP contribution in [0.25, 0.3) is 0 Å². The molecule has 112 valence electrons. The molecule has 0 unspecified atom stereocenters. The summed E-state index contributed by atoms with van der Waals surface area (Å²) >= 11 is 1.49. The summed E-state index contributed by atoms with van der Waals surface area (Å²) in [6, 6.07) is 5.35. The van der Waals surface area contributed by atoms with Crippen LogP contribution < -0.4 is 10.5 Å². The van der Waals surface area contributed by atoms with E-state index >= 15 is 0 Å². The van der Waals surface area contributed by atoms with Crippen molar-refractivity contribution >= 4 is 11.8 Å². The van der Waals surface area contributed by atoms with Gasteiger partial charge in [0.1, 0.15) is 17.4 Å². The van der Waals surface area contributed by atoms with Crippen molar-refractivity contribution in [3.63, 3.8) is 0 Å². The smallest absolute Gasteiger partial charge is 0.191 e. The first-order valence-corrected chi connectivity index (χ1v) is 7.80. The summed E-state index contributed by atoms with van der Waals surface area (Å²) in [5, 5.41) is 9.10. The number of aromatic nitrogens is 3. The zero-order chi connectivity index (χ0) is 14.8. The Labute approximate surface area is 126 Å². The fourth-order valence-corrected chi connectivity index (χ4v) is 3.17. The zero-order valence-corrected chi connectivity index (χ0v) is 12.6. The predicted molar refractivity (Wildman–Crippen MR) is 78.7 cm³/mol. The van der Waals surface area contributed by atoms with Gasteiger partial charge in [0, 0.05) is 17.9 Å². The van der Waals surface area contributed by atoms with Crippen molar-refractivity contribution in [2.45, 2.75) is 36.3 Å². The van der Waals surface area contributed by atoms with Crippen LogP contribution in [0, 0.1) is 5.82 Å². The van der Waals surface area contributed by atoms with E-state index in [4.69, 9.17) is 10.5 Å². The van der Waals surface area contributed by atoms with Gasteiger partial charge in [-0.3, -0.25) is 0 Å². The highest BCUT2D eigenvalue weighted by Gasteiger charge is 2.29. The summed E-state index contributed by atoms with van der Waals surface area (Å²) in [7, 11) is 1.52. The Morgan fingerprint density at radius 2 is 2.24 bits per heavy atom. The van der Waals surface area contributed by atoms with Crippen LogP contribution >= 0.6 is 11.8 Å². The number of benzene rings is 1. The lowest BCUT2D eigenvalue weighted by Gasteiger charge is -2.08. The van der Waals surface area contributed by atoms with Gasteiger partial charge in [-0.15, -0.1) is 10.2 Å². The van der Waals surface area contributed by atoms with Crippen molar-refractivity contribution < 1.29 is 9.13 Å². The molecule has 5 nitrogen and oxygen atoms in total. The van der Waals surface area contributed by atoms with Gasteiger partial charge in [0.05, 0.1) is 13.7 Å². The molecule has 1 aliphatic rings. The first kappa shape index (κ1) is 14.3. The lowest BCUT2D eigenvalue weighted by molar-refractivity contribution is 0.411. The molecule has 0 bridgehead atoms. The molecule has 1 aliphatic carbocycles. The molecule has 0 amide bonds. The number of halogens is 1. The molecule has 1 aromatic heterocycles. The maximum absolute atomic E-state index is 13.9. The van der Waals surface area contributed by atoms with Crippen LogP contribution in [0.2, 0.25) is 0 Å². The topological polar surface area (TPSA) is 66.0 Å². The van der Waals surface area contributed by atoms with Crippen LogP contribution in [0.3, 0.4) is 0 Å². The van der Waals surface area contributed by atoms with Crippen LogP contribution in [-0.2, 0) is 12.3 Å². The van der Waals surface area contributed by atoms with E-state index in [0.29, 0.717) is 29.7 Å². The molecule has 1 fully saturated rings. The minimum Gasteiger partial charge on any atom is -0.497 e. The van der Waals surface area contributed by atoms with Crippen LogP contribution in [-0.4, -0.2) is 21.9 Å². The van der Waals surface area contributed by atoms with E-state index in [-0.39, 0.29) is 5.82 Å². The van der Waals surface area contributed by atoms with Gasteiger partial charge in [0.25, 0.3) is 0 Å². The lowest BCUT2D eigenvalue weighted by Crippen LogP contribution is -2.08. The number of ether oxygens (including phenoxy) is 1. The van der Waals surface area contributed by atoms with E-state index in [1.54, 1.807) is 12.1 Å². The van der Waals surface area contributed by atoms with Crippen molar-refractivity contribution in [1.82, 2.24) is 14.8 Å². The van der Waals surface area contributed by atoms with E-state index in [9.17, 15) is 4.39 Å². The number of rotatable bonds is 6.